The van der Waals surface area contributed by atoms with Gasteiger partial charge in [-0.05, 0) is 55.0 Å². The van der Waals surface area contributed by atoms with E-state index in [0.717, 1.165) is 12.1 Å². The summed E-state index contributed by atoms with van der Waals surface area (Å²) in [5, 5.41) is 3.39. The molecular weight excluding hydrogens is 308 g/mol. The van der Waals surface area contributed by atoms with Gasteiger partial charge < -0.3 is 5.32 Å². The summed E-state index contributed by atoms with van der Waals surface area (Å²) in [6.45, 7) is 2.07. The molecule has 0 saturated carbocycles. The van der Waals surface area contributed by atoms with E-state index in [9.17, 15) is 4.39 Å². The van der Waals surface area contributed by atoms with Gasteiger partial charge in [-0.3, -0.25) is 0 Å². The van der Waals surface area contributed by atoms with Gasteiger partial charge in [0.25, 0.3) is 0 Å². The van der Waals surface area contributed by atoms with E-state index in [1.165, 1.54) is 29.5 Å². The zero-order valence-corrected chi connectivity index (χ0v) is 13.2. The summed E-state index contributed by atoms with van der Waals surface area (Å²) >= 11 is 11.7. The summed E-state index contributed by atoms with van der Waals surface area (Å²) in [5.74, 6) is -0.575. The van der Waals surface area contributed by atoms with E-state index in [-0.39, 0.29) is 16.1 Å². The van der Waals surface area contributed by atoms with Crippen LogP contribution in [0.3, 0.4) is 0 Å². The van der Waals surface area contributed by atoms with Crippen molar-refractivity contribution < 1.29 is 4.39 Å². The number of rotatable bonds is 3. The Balaban J connectivity index is 1.81. The fraction of sp³-hybridized carbons (Fsp3) is 0.294. The van der Waals surface area contributed by atoms with E-state index in [4.69, 9.17) is 23.2 Å². The highest BCUT2D eigenvalue weighted by molar-refractivity contribution is 6.35. The van der Waals surface area contributed by atoms with Crippen molar-refractivity contribution in [3.05, 3.63) is 62.9 Å². The van der Waals surface area contributed by atoms with Gasteiger partial charge in [0, 0.05) is 11.7 Å². The highest BCUT2D eigenvalue weighted by atomic mass is 35.5. The second-order valence-electron chi connectivity index (χ2n) is 5.50. The lowest BCUT2D eigenvalue weighted by molar-refractivity contribution is 0.628. The number of fused-ring (bicyclic) bond motifs is 1. The third-order valence-corrected chi connectivity index (χ3v) is 4.54. The summed E-state index contributed by atoms with van der Waals surface area (Å²) in [6, 6.07) is 9.84. The molecule has 2 aromatic carbocycles. The van der Waals surface area contributed by atoms with Crippen molar-refractivity contribution in [2.75, 3.05) is 5.32 Å². The van der Waals surface area contributed by atoms with E-state index in [1.54, 1.807) is 12.1 Å². The van der Waals surface area contributed by atoms with Crippen LogP contribution in [-0.2, 0) is 12.8 Å². The minimum absolute atomic E-state index is 0.0335. The summed E-state index contributed by atoms with van der Waals surface area (Å²) in [6.07, 6.45) is 3.58. The number of nitrogens with one attached hydrogen (secondary N) is 1. The van der Waals surface area contributed by atoms with Gasteiger partial charge in [-0.2, -0.15) is 0 Å². The lowest BCUT2D eigenvalue weighted by Crippen LogP contribution is -2.07. The maximum atomic E-state index is 13.4. The Kier molecular flexibility index (Phi) is 4.10. The molecule has 1 N–H and O–H groups in total. The Morgan fingerprint density at radius 1 is 1.05 bits per heavy atom. The quantitative estimate of drug-likeness (QED) is 0.704. The third kappa shape index (κ3) is 3.02. The average Bonchev–Trinajstić information content (AvgIpc) is 2.91. The van der Waals surface area contributed by atoms with E-state index >= 15 is 0 Å². The van der Waals surface area contributed by atoms with Crippen molar-refractivity contribution in [1.29, 1.82) is 0 Å². The first-order valence-corrected chi connectivity index (χ1v) is 7.83. The van der Waals surface area contributed by atoms with Crippen LogP contribution in [0.15, 0.2) is 30.3 Å². The van der Waals surface area contributed by atoms with Crippen LogP contribution in [0.4, 0.5) is 10.1 Å². The molecule has 4 heteroatoms. The molecule has 0 bridgehead atoms. The van der Waals surface area contributed by atoms with Crippen LogP contribution in [0.25, 0.3) is 0 Å². The lowest BCUT2D eigenvalue weighted by atomic mass is 10.0. The van der Waals surface area contributed by atoms with Crippen molar-refractivity contribution in [2.24, 2.45) is 0 Å². The first kappa shape index (κ1) is 14.7. The van der Waals surface area contributed by atoms with E-state index in [1.807, 2.05) is 0 Å². The molecule has 0 fully saturated rings. The fourth-order valence-electron chi connectivity index (χ4n) is 2.83. The molecule has 21 heavy (non-hydrogen) atoms. The zero-order chi connectivity index (χ0) is 15.0. The van der Waals surface area contributed by atoms with Gasteiger partial charge in [0.15, 0.2) is 5.82 Å². The van der Waals surface area contributed by atoms with Crippen LogP contribution in [0.5, 0.6) is 0 Å². The predicted molar refractivity (Wildman–Crippen MR) is 86.9 cm³/mol. The predicted octanol–water partition coefficient (Wildman–Crippen LogP) is 5.79. The van der Waals surface area contributed by atoms with Crippen molar-refractivity contribution in [3.8, 4) is 0 Å². The maximum absolute atomic E-state index is 13.4. The smallest absolute Gasteiger partial charge is 0.160 e. The SMILES string of the molecule is CC(Nc1cc(Cl)c(F)c(Cl)c1)c1ccc2c(c1)CCC2. The minimum Gasteiger partial charge on any atom is -0.378 e. The molecule has 3 rings (SSSR count). The van der Waals surface area contributed by atoms with Crippen LogP contribution in [0.2, 0.25) is 10.0 Å². The second kappa shape index (κ2) is 5.86. The monoisotopic (exact) mass is 323 g/mol. The molecule has 0 spiro atoms. The van der Waals surface area contributed by atoms with Gasteiger partial charge in [-0.25, -0.2) is 4.39 Å². The van der Waals surface area contributed by atoms with Gasteiger partial charge in [0.1, 0.15) is 0 Å². The second-order valence-corrected chi connectivity index (χ2v) is 6.32. The molecule has 0 heterocycles. The first-order valence-electron chi connectivity index (χ1n) is 7.07. The molecule has 1 atom stereocenters. The minimum atomic E-state index is -0.575. The summed E-state index contributed by atoms with van der Waals surface area (Å²) in [5.41, 5.74) is 4.83. The zero-order valence-electron chi connectivity index (χ0n) is 11.7. The Labute approximate surface area is 134 Å². The number of hydrogen-bond acceptors (Lipinski definition) is 1. The van der Waals surface area contributed by atoms with E-state index in [0.29, 0.717) is 0 Å². The highest BCUT2D eigenvalue weighted by Gasteiger charge is 2.14. The van der Waals surface area contributed by atoms with Gasteiger partial charge in [0.2, 0.25) is 0 Å². The average molecular weight is 324 g/mol. The Morgan fingerprint density at radius 2 is 1.71 bits per heavy atom. The van der Waals surface area contributed by atoms with Gasteiger partial charge in [-0.15, -0.1) is 0 Å². The van der Waals surface area contributed by atoms with Crippen LogP contribution in [-0.4, -0.2) is 0 Å². The van der Waals surface area contributed by atoms with Crippen molar-refractivity contribution >= 4 is 28.9 Å². The first-order chi connectivity index (χ1) is 10.0. The van der Waals surface area contributed by atoms with Crippen molar-refractivity contribution in [3.63, 3.8) is 0 Å². The van der Waals surface area contributed by atoms with Crippen LogP contribution in [0.1, 0.15) is 36.1 Å². The fourth-order valence-corrected chi connectivity index (χ4v) is 3.32. The lowest BCUT2D eigenvalue weighted by Gasteiger charge is -2.17. The molecule has 1 aliphatic rings. The molecule has 0 aromatic heterocycles. The molecule has 0 radical (unpaired) electrons. The van der Waals surface area contributed by atoms with E-state index in [2.05, 4.69) is 30.4 Å². The molecule has 2 aromatic rings. The Bertz CT molecular complexity index is 661. The molecule has 1 nitrogen and oxygen atoms in total. The number of aryl methyl sites for hydroxylation is 2. The summed E-state index contributed by atoms with van der Waals surface area (Å²) in [7, 11) is 0. The molecule has 0 aliphatic heterocycles. The van der Waals surface area contributed by atoms with Crippen molar-refractivity contribution in [2.45, 2.75) is 32.2 Å². The van der Waals surface area contributed by atoms with Gasteiger partial charge in [0.05, 0.1) is 10.0 Å². The Hall–Kier alpha value is -1.25. The molecule has 0 amide bonds. The van der Waals surface area contributed by atoms with Crippen LogP contribution in [0, 0.1) is 5.82 Å². The molecule has 0 saturated heterocycles. The van der Waals surface area contributed by atoms with Gasteiger partial charge >= 0.3 is 0 Å². The standard InChI is InChI=1S/C17H16Cl2FN/c1-10(12-6-5-11-3-2-4-13(11)7-12)21-14-8-15(18)17(20)16(19)9-14/h5-10,21H,2-4H2,1H3. The molecular formula is C17H16Cl2FN. The molecule has 110 valence electrons. The largest absolute Gasteiger partial charge is 0.378 e. The number of anilines is 1. The van der Waals surface area contributed by atoms with Gasteiger partial charge in [-0.1, -0.05) is 41.4 Å². The van der Waals surface area contributed by atoms with Crippen LogP contribution >= 0.6 is 23.2 Å². The number of benzene rings is 2. The number of hydrogen-bond donors (Lipinski definition) is 1. The topological polar surface area (TPSA) is 12.0 Å². The third-order valence-electron chi connectivity index (χ3n) is 3.99. The van der Waals surface area contributed by atoms with Crippen LogP contribution < -0.4 is 5.32 Å². The summed E-state index contributed by atoms with van der Waals surface area (Å²) in [4.78, 5) is 0. The summed E-state index contributed by atoms with van der Waals surface area (Å²) < 4.78 is 13.4. The number of halogens is 3. The maximum Gasteiger partial charge on any atom is 0.160 e. The molecule has 1 aliphatic carbocycles. The molecule has 1 unspecified atom stereocenters. The van der Waals surface area contributed by atoms with Crippen molar-refractivity contribution in [1.82, 2.24) is 0 Å². The normalized spacial score (nSPS) is 14.9. The Morgan fingerprint density at radius 3 is 2.43 bits per heavy atom. The highest BCUT2D eigenvalue weighted by Crippen LogP contribution is 2.31. The van der Waals surface area contributed by atoms with E-state index < -0.39 is 5.82 Å².